The zero-order chi connectivity index (χ0) is 11.7. The number of carbonyl (C=O) groups is 1. The number of benzene rings is 1. The summed E-state index contributed by atoms with van der Waals surface area (Å²) in [5, 5.41) is 0. The van der Waals surface area contributed by atoms with Gasteiger partial charge in [-0.2, -0.15) is 0 Å². The lowest BCUT2D eigenvalue weighted by molar-refractivity contribution is 0.103. The van der Waals surface area contributed by atoms with Crippen LogP contribution >= 0.6 is 0 Å². The van der Waals surface area contributed by atoms with E-state index in [0.29, 0.717) is 22.4 Å². The molecule has 3 aromatic rings. The van der Waals surface area contributed by atoms with E-state index in [4.69, 9.17) is 4.42 Å². The van der Waals surface area contributed by atoms with Crippen LogP contribution in [0.25, 0.3) is 11.1 Å². The first kappa shape index (κ1) is 9.78. The fourth-order valence-electron chi connectivity index (χ4n) is 1.72. The van der Waals surface area contributed by atoms with Crippen LogP contribution in [0.5, 0.6) is 0 Å². The molecule has 2 aromatic heterocycles. The van der Waals surface area contributed by atoms with Gasteiger partial charge in [0.15, 0.2) is 5.58 Å². The molecule has 0 atom stereocenters. The normalized spacial score (nSPS) is 10.6. The number of nitrogens with zero attached hydrogens (tertiary/aromatic N) is 1. The molecule has 0 aliphatic heterocycles. The monoisotopic (exact) mass is 223 g/mol. The fraction of sp³-hybridized carbons (Fsp3) is 0. The molecule has 3 rings (SSSR count). The molecule has 82 valence electrons. The lowest BCUT2D eigenvalue weighted by Crippen LogP contribution is -2.03. The Morgan fingerprint density at radius 3 is 2.65 bits per heavy atom. The third-order valence-electron chi connectivity index (χ3n) is 2.58. The van der Waals surface area contributed by atoms with E-state index < -0.39 is 0 Å². The van der Waals surface area contributed by atoms with Crippen LogP contribution in [0.4, 0.5) is 0 Å². The van der Waals surface area contributed by atoms with Gasteiger partial charge in [0.05, 0.1) is 6.26 Å². The van der Waals surface area contributed by atoms with Gasteiger partial charge in [0, 0.05) is 11.6 Å². The topological polar surface area (TPSA) is 43.1 Å². The number of carbonyl (C=O) groups excluding carboxylic acids is 1. The summed E-state index contributed by atoms with van der Waals surface area (Å²) in [4.78, 5) is 16.4. The van der Waals surface area contributed by atoms with E-state index in [1.165, 1.54) is 0 Å². The highest BCUT2D eigenvalue weighted by Crippen LogP contribution is 2.15. The molecule has 0 fully saturated rings. The van der Waals surface area contributed by atoms with Crippen LogP contribution < -0.4 is 0 Å². The summed E-state index contributed by atoms with van der Waals surface area (Å²) in [5.74, 6) is -0.0753. The molecule has 0 amide bonds. The van der Waals surface area contributed by atoms with Crippen molar-refractivity contribution in [3.8, 4) is 0 Å². The van der Waals surface area contributed by atoms with Gasteiger partial charge in [0.25, 0.3) is 0 Å². The number of rotatable bonds is 2. The SMILES string of the molecule is O=C(c1ccccc1)c1ccc2occc2n1. The molecular formula is C14H9NO2. The van der Waals surface area contributed by atoms with Crippen LogP contribution in [0.3, 0.4) is 0 Å². The maximum atomic E-state index is 12.1. The third kappa shape index (κ3) is 1.72. The van der Waals surface area contributed by atoms with Gasteiger partial charge < -0.3 is 4.42 Å². The van der Waals surface area contributed by atoms with E-state index >= 15 is 0 Å². The molecule has 0 N–H and O–H groups in total. The summed E-state index contributed by atoms with van der Waals surface area (Å²) in [5.41, 5.74) is 2.47. The average molecular weight is 223 g/mol. The van der Waals surface area contributed by atoms with Gasteiger partial charge in [-0.15, -0.1) is 0 Å². The van der Waals surface area contributed by atoms with Crippen molar-refractivity contribution >= 4 is 16.9 Å². The standard InChI is InChI=1S/C14H9NO2/c16-14(10-4-2-1-3-5-10)12-6-7-13-11(15-12)8-9-17-13/h1-9H. The first-order valence-corrected chi connectivity index (χ1v) is 5.28. The van der Waals surface area contributed by atoms with Crippen LogP contribution in [0.1, 0.15) is 16.1 Å². The Kier molecular flexibility index (Phi) is 2.22. The molecule has 0 saturated heterocycles. The average Bonchev–Trinajstić information content (AvgIpc) is 2.86. The maximum absolute atomic E-state index is 12.1. The molecule has 0 radical (unpaired) electrons. The second-order valence-electron chi connectivity index (χ2n) is 3.70. The Balaban J connectivity index is 2.06. The molecule has 0 spiro atoms. The Bertz CT molecular complexity index is 671. The van der Waals surface area contributed by atoms with E-state index in [1.54, 1.807) is 36.6 Å². The van der Waals surface area contributed by atoms with E-state index in [2.05, 4.69) is 4.98 Å². The highest BCUT2D eigenvalue weighted by atomic mass is 16.3. The highest BCUT2D eigenvalue weighted by molar-refractivity contribution is 6.08. The van der Waals surface area contributed by atoms with Crippen molar-refractivity contribution in [3.05, 3.63) is 66.1 Å². The van der Waals surface area contributed by atoms with Gasteiger partial charge in [0.2, 0.25) is 5.78 Å². The predicted octanol–water partition coefficient (Wildman–Crippen LogP) is 3.06. The van der Waals surface area contributed by atoms with Crippen LogP contribution in [0, 0.1) is 0 Å². The molecule has 0 bridgehead atoms. The maximum Gasteiger partial charge on any atom is 0.211 e. The number of pyridine rings is 1. The van der Waals surface area contributed by atoms with E-state index in [9.17, 15) is 4.79 Å². The van der Waals surface area contributed by atoms with Gasteiger partial charge >= 0.3 is 0 Å². The second kappa shape index (κ2) is 3.87. The molecular weight excluding hydrogens is 214 g/mol. The summed E-state index contributed by atoms with van der Waals surface area (Å²) >= 11 is 0. The zero-order valence-electron chi connectivity index (χ0n) is 8.96. The van der Waals surface area contributed by atoms with Gasteiger partial charge in [-0.1, -0.05) is 30.3 Å². The van der Waals surface area contributed by atoms with Gasteiger partial charge in [-0.25, -0.2) is 4.98 Å². The summed E-state index contributed by atoms with van der Waals surface area (Å²) in [6.07, 6.45) is 1.56. The molecule has 0 aliphatic carbocycles. The van der Waals surface area contributed by atoms with Crippen LogP contribution in [-0.2, 0) is 0 Å². The molecule has 3 nitrogen and oxygen atoms in total. The van der Waals surface area contributed by atoms with E-state index in [0.717, 1.165) is 0 Å². The summed E-state index contributed by atoms with van der Waals surface area (Å²) in [7, 11) is 0. The lowest BCUT2D eigenvalue weighted by atomic mass is 10.1. The van der Waals surface area contributed by atoms with Gasteiger partial charge in [-0.05, 0) is 12.1 Å². The molecule has 0 aliphatic rings. The van der Waals surface area contributed by atoms with Gasteiger partial charge in [0.1, 0.15) is 11.2 Å². The summed E-state index contributed by atoms with van der Waals surface area (Å²) in [6, 6.07) is 14.3. The van der Waals surface area contributed by atoms with Crippen molar-refractivity contribution in [2.75, 3.05) is 0 Å². The van der Waals surface area contributed by atoms with Gasteiger partial charge in [-0.3, -0.25) is 4.79 Å². The molecule has 3 heteroatoms. The third-order valence-corrected chi connectivity index (χ3v) is 2.58. The first-order valence-electron chi connectivity index (χ1n) is 5.28. The van der Waals surface area contributed by atoms with Crippen molar-refractivity contribution in [1.29, 1.82) is 0 Å². The summed E-state index contributed by atoms with van der Waals surface area (Å²) in [6.45, 7) is 0. The highest BCUT2D eigenvalue weighted by Gasteiger charge is 2.11. The van der Waals surface area contributed by atoms with Crippen LogP contribution in [0.15, 0.2) is 59.2 Å². The lowest BCUT2D eigenvalue weighted by Gasteiger charge is -1.99. The number of aromatic nitrogens is 1. The first-order chi connectivity index (χ1) is 8.34. The van der Waals surface area contributed by atoms with Crippen molar-refractivity contribution in [2.24, 2.45) is 0 Å². The van der Waals surface area contributed by atoms with Crippen LogP contribution in [0.2, 0.25) is 0 Å². The molecule has 1 aromatic carbocycles. The number of furan rings is 1. The van der Waals surface area contributed by atoms with E-state index in [-0.39, 0.29) is 5.78 Å². The predicted molar refractivity (Wildman–Crippen MR) is 63.9 cm³/mol. The minimum Gasteiger partial charge on any atom is -0.463 e. The quantitative estimate of drug-likeness (QED) is 0.627. The molecule has 0 unspecified atom stereocenters. The van der Waals surface area contributed by atoms with Crippen LogP contribution in [-0.4, -0.2) is 10.8 Å². The number of fused-ring (bicyclic) bond motifs is 1. The van der Waals surface area contributed by atoms with E-state index in [1.807, 2.05) is 18.2 Å². The molecule has 2 heterocycles. The Labute approximate surface area is 97.7 Å². The smallest absolute Gasteiger partial charge is 0.211 e. The number of ketones is 1. The van der Waals surface area contributed by atoms with Crippen molar-refractivity contribution in [2.45, 2.75) is 0 Å². The molecule has 17 heavy (non-hydrogen) atoms. The Hall–Kier alpha value is -2.42. The Morgan fingerprint density at radius 1 is 1.00 bits per heavy atom. The number of hydrogen-bond acceptors (Lipinski definition) is 3. The van der Waals surface area contributed by atoms with Crippen molar-refractivity contribution in [3.63, 3.8) is 0 Å². The minimum absolute atomic E-state index is 0.0753. The fourth-order valence-corrected chi connectivity index (χ4v) is 1.72. The molecule has 0 saturated carbocycles. The van der Waals surface area contributed by atoms with Crippen molar-refractivity contribution < 1.29 is 9.21 Å². The number of hydrogen-bond donors (Lipinski definition) is 0. The summed E-state index contributed by atoms with van der Waals surface area (Å²) < 4.78 is 5.18. The Morgan fingerprint density at radius 2 is 1.82 bits per heavy atom. The second-order valence-corrected chi connectivity index (χ2v) is 3.70. The van der Waals surface area contributed by atoms with Crippen molar-refractivity contribution in [1.82, 2.24) is 4.98 Å². The largest absolute Gasteiger partial charge is 0.463 e. The minimum atomic E-state index is -0.0753. The zero-order valence-corrected chi connectivity index (χ0v) is 8.96.